The van der Waals surface area contributed by atoms with E-state index in [4.69, 9.17) is 9.47 Å². The van der Waals surface area contributed by atoms with Gasteiger partial charge in [0.1, 0.15) is 18.0 Å². The molecule has 156 valence electrons. The molecule has 1 fully saturated rings. The Morgan fingerprint density at radius 3 is 2.68 bits per heavy atom. The standard InChI is InChI=1S/C23H35NO4/c1-3-13-27-22-16-24-20(4-2)14-19(22)11-7-8-12-21(25)15-23(26)28-17-18-9-5-6-10-18/h14,16,18H,3-13,15,17H2,1-2H3. The van der Waals surface area contributed by atoms with Crippen molar-refractivity contribution in [3.05, 3.63) is 23.5 Å². The molecule has 0 aliphatic heterocycles. The Morgan fingerprint density at radius 1 is 1.18 bits per heavy atom. The molecule has 0 saturated heterocycles. The minimum atomic E-state index is -0.367. The van der Waals surface area contributed by atoms with Gasteiger partial charge in [-0.25, -0.2) is 0 Å². The van der Waals surface area contributed by atoms with Crippen molar-refractivity contribution >= 4 is 11.8 Å². The number of ketones is 1. The smallest absolute Gasteiger partial charge is 0.313 e. The average Bonchev–Trinajstić information content (AvgIpc) is 3.22. The molecule has 2 rings (SSSR count). The zero-order chi connectivity index (χ0) is 20.2. The van der Waals surface area contributed by atoms with Crippen molar-refractivity contribution < 1.29 is 19.1 Å². The fourth-order valence-corrected chi connectivity index (χ4v) is 3.59. The molecule has 0 aromatic carbocycles. The molecule has 0 unspecified atom stereocenters. The molecule has 0 bridgehead atoms. The summed E-state index contributed by atoms with van der Waals surface area (Å²) in [7, 11) is 0. The lowest BCUT2D eigenvalue weighted by atomic mass is 10.0. The first-order valence-corrected chi connectivity index (χ1v) is 10.9. The van der Waals surface area contributed by atoms with Gasteiger partial charge in [-0.1, -0.05) is 26.7 Å². The Hall–Kier alpha value is -1.91. The van der Waals surface area contributed by atoms with Crippen LogP contribution in [0.4, 0.5) is 0 Å². The van der Waals surface area contributed by atoms with E-state index in [1.807, 2.05) is 6.20 Å². The van der Waals surface area contributed by atoms with Crippen LogP contribution in [-0.4, -0.2) is 30.0 Å². The Labute approximate surface area is 169 Å². The van der Waals surface area contributed by atoms with Crippen molar-refractivity contribution in [3.8, 4) is 5.75 Å². The molecule has 1 aliphatic rings. The molecule has 5 heteroatoms. The first kappa shape index (κ1) is 22.4. The highest BCUT2D eigenvalue weighted by Gasteiger charge is 2.18. The Bertz CT molecular complexity index is 623. The molecule has 28 heavy (non-hydrogen) atoms. The van der Waals surface area contributed by atoms with Crippen molar-refractivity contribution in [2.24, 2.45) is 5.92 Å². The third-order valence-corrected chi connectivity index (χ3v) is 5.28. The van der Waals surface area contributed by atoms with Crippen LogP contribution in [0.25, 0.3) is 0 Å². The lowest BCUT2D eigenvalue weighted by Gasteiger charge is -2.12. The van der Waals surface area contributed by atoms with Gasteiger partial charge in [-0.15, -0.1) is 0 Å². The van der Waals surface area contributed by atoms with E-state index in [0.29, 0.717) is 25.6 Å². The highest BCUT2D eigenvalue weighted by molar-refractivity contribution is 5.95. The van der Waals surface area contributed by atoms with Gasteiger partial charge in [0.2, 0.25) is 0 Å². The molecule has 1 aromatic heterocycles. The van der Waals surface area contributed by atoms with Gasteiger partial charge in [0.25, 0.3) is 0 Å². The highest BCUT2D eigenvalue weighted by atomic mass is 16.5. The van der Waals surface area contributed by atoms with Gasteiger partial charge in [0.05, 0.1) is 19.4 Å². The minimum absolute atomic E-state index is 0.0251. The number of Topliss-reactive ketones (excluding diaryl/α,β-unsaturated/α-hetero) is 1. The lowest BCUT2D eigenvalue weighted by Crippen LogP contribution is -2.15. The molecule has 5 nitrogen and oxygen atoms in total. The van der Waals surface area contributed by atoms with E-state index in [2.05, 4.69) is 24.9 Å². The first-order valence-electron chi connectivity index (χ1n) is 10.9. The summed E-state index contributed by atoms with van der Waals surface area (Å²) < 4.78 is 11.1. The van der Waals surface area contributed by atoms with E-state index in [1.54, 1.807) is 0 Å². The number of hydrogen-bond donors (Lipinski definition) is 0. The molecule has 0 amide bonds. The Balaban J connectivity index is 1.68. The number of rotatable bonds is 13. The summed E-state index contributed by atoms with van der Waals surface area (Å²) in [6.45, 7) is 5.33. The number of nitrogens with zero attached hydrogens (tertiary/aromatic N) is 1. The van der Waals surface area contributed by atoms with Crippen molar-refractivity contribution in [2.45, 2.75) is 84.5 Å². The van der Waals surface area contributed by atoms with E-state index in [0.717, 1.165) is 62.0 Å². The van der Waals surface area contributed by atoms with Crippen molar-refractivity contribution in [3.63, 3.8) is 0 Å². The second kappa shape index (κ2) is 12.5. The van der Waals surface area contributed by atoms with Gasteiger partial charge in [-0.2, -0.15) is 0 Å². The minimum Gasteiger partial charge on any atom is -0.492 e. The number of pyridine rings is 1. The summed E-state index contributed by atoms with van der Waals surface area (Å²) in [5.41, 5.74) is 2.21. The van der Waals surface area contributed by atoms with Crippen LogP contribution in [0.5, 0.6) is 5.75 Å². The van der Waals surface area contributed by atoms with Gasteiger partial charge < -0.3 is 9.47 Å². The molecule has 1 aromatic rings. The van der Waals surface area contributed by atoms with Gasteiger partial charge in [0, 0.05) is 12.1 Å². The normalized spacial score (nSPS) is 14.2. The third kappa shape index (κ3) is 7.99. The molecule has 1 aliphatic carbocycles. The zero-order valence-corrected chi connectivity index (χ0v) is 17.5. The summed E-state index contributed by atoms with van der Waals surface area (Å²) in [4.78, 5) is 28.3. The summed E-state index contributed by atoms with van der Waals surface area (Å²) in [5.74, 6) is 0.953. The van der Waals surface area contributed by atoms with Crippen LogP contribution >= 0.6 is 0 Å². The number of hydrogen-bond acceptors (Lipinski definition) is 5. The summed E-state index contributed by atoms with van der Waals surface area (Å²) >= 11 is 0. The highest BCUT2D eigenvalue weighted by Crippen LogP contribution is 2.25. The summed E-state index contributed by atoms with van der Waals surface area (Å²) in [5, 5.41) is 0. The molecule has 0 N–H and O–H groups in total. The topological polar surface area (TPSA) is 65.5 Å². The van der Waals surface area contributed by atoms with Crippen LogP contribution in [0, 0.1) is 5.92 Å². The van der Waals surface area contributed by atoms with Crippen LogP contribution in [0.2, 0.25) is 0 Å². The van der Waals surface area contributed by atoms with Crippen LogP contribution in [0.1, 0.15) is 82.9 Å². The second-order valence-electron chi connectivity index (χ2n) is 7.74. The van der Waals surface area contributed by atoms with E-state index >= 15 is 0 Å². The number of carbonyl (C=O) groups is 2. The maximum atomic E-state index is 12.0. The van der Waals surface area contributed by atoms with Crippen LogP contribution in [0.15, 0.2) is 12.3 Å². The fraction of sp³-hybridized carbons (Fsp3) is 0.696. The number of ether oxygens (including phenoxy) is 2. The molecule has 1 saturated carbocycles. The van der Waals surface area contributed by atoms with Gasteiger partial charge in [-0.05, 0) is 62.5 Å². The van der Waals surface area contributed by atoms with Crippen molar-refractivity contribution in [2.75, 3.05) is 13.2 Å². The third-order valence-electron chi connectivity index (χ3n) is 5.28. The average molecular weight is 390 g/mol. The summed E-state index contributed by atoms with van der Waals surface area (Å²) in [6, 6.07) is 2.10. The largest absolute Gasteiger partial charge is 0.492 e. The van der Waals surface area contributed by atoms with Gasteiger partial charge >= 0.3 is 5.97 Å². The van der Waals surface area contributed by atoms with Gasteiger partial charge in [0.15, 0.2) is 0 Å². The van der Waals surface area contributed by atoms with E-state index in [1.165, 1.54) is 12.8 Å². The SMILES string of the molecule is CCCOc1cnc(CC)cc1CCCCC(=O)CC(=O)OCC1CCCC1. The maximum absolute atomic E-state index is 12.0. The van der Waals surface area contributed by atoms with E-state index in [9.17, 15) is 9.59 Å². The molecule has 0 spiro atoms. The van der Waals surface area contributed by atoms with Crippen molar-refractivity contribution in [1.29, 1.82) is 0 Å². The lowest BCUT2D eigenvalue weighted by molar-refractivity contribution is -0.147. The van der Waals surface area contributed by atoms with Crippen LogP contribution in [-0.2, 0) is 27.2 Å². The van der Waals surface area contributed by atoms with Crippen LogP contribution in [0.3, 0.4) is 0 Å². The second-order valence-corrected chi connectivity index (χ2v) is 7.74. The molecule has 0 atom stereocenters. The van der Waals surface area contributed by atoms with Crippen molar-refractivity contribution in [1.82, 2.24) is 4.98 Å². The Kier molecular flexibility index (Phi) is 10.0. The number of aromatic nitrogens is 1. The number of aryl methyl sites for hydroxylation is 2. The zero-order valence-electron chi connectivity index (χ0n) is 17.5. The predicted molar refractivity (Wildman–Crippen MR) is 109 cm³/mol. The molecular formula is C23H35NO4. The van der Waals surface area contributed by atoms with Crippen LogP contribution < -0.4 is 4.74 Å². The van der Waals surface area contributed by atoms with E-state index in [-0.39, 0.29) is 18.2 Å². The monoisotopic (exact) mass is 389 g/mol. The number of unbranched alkanes of at least 4 members (excludes halogenated alkanes) is 1. The Morgan fingerprint density at radius 2 is 1.96 bits per heavy atom. The quantitative estimate of drug-likeness (QED) is 0.274. The molecule has 0 radical (unpaired) electrons. The summed E-state index contributed by atoms with van der Waals surface area (Å²) in [6.07, 6.45) is 11.2. The predicted octanol–water partition coefficient (Wildman–Crippen LogP) is 4.84. The van der Waals surface area contributed by atoms with E-state index < -0.39 is 0 Å². The number of carbonyl (C=O) groups excluding carboxylic acids is 2. The maximum Gasteiger partial charge on any atom is 0.313 e. The molecular weight excluding hydrogens is 354 g/mol. The molecule has 1 heterocycles. The van der Waals surface area contributed by atoms with Gasteiger partial charge in [-0.3, -0.25) is 14.6 Å². The fourth-order valence-electron chi connectivity index (χ4n) is 3.59. The first-order chi connectivity index (χ1) is 13.6. The number of esters is 1.